The highest BCUT2D eigenvalue weighted by molar-refractivity contribution is 6.32. The molecule has 3 aromatic carbocycles. The fraction of sp³-hybridized carbons (Fsp3) is 0.115. The molecule has 0 spiro atoms. The Morgan fingerprint density at radius 3 is 2.37 bits per heavy atom. The van der Waals surface area contributed by atoms with E-state index in [-0.39, 0.29) is 40.4 Å². The first kappa shape index (κ1) is 25.1. The van der Waals surface area contributed by atoms with E-state index in [1.54, 1.807) is 37.3 Å². The summed E-state index contributed by atoms with van der Waals surface area (Å²) in [5, 5.41) is 24.3. The number of amides is 2. The van der Waals surface area contributed by atoms with E-state index < -0.39 is 5.91 Å². The molecule has 0 bridgehead atoms. The second-order valence-electron chi connectivity index (χ2n) is 7.14. The van der Waals surface area contributed by atoms with Crippen molar-refractivity contribution >= 4 is 40.9 Å². The van der Waals surface area contributed by atoms with Gasteiger partial charge in [0.05, 0.1) is 11.6 Å². The predicted octanol–water partition coefficient (Wildman–Crippen LogP) is 5.01. The third-order valence-corrected chi connectivity index (χ3v) is 4.82. The van der Waals surface area contributed by atoms with Crippen molar-refractivity contribution in [1.82, 2.24) is 0 Å². The van der Waals surface area contributed by atoms with Gasteiger partial charge in [0, 0.05) is 11.4 Å². The molecule has 0 radical (unpaired) electrons. The molecule has 0 fully saturated rings. The Morgan fingerprint density at radius 1 is 1.03 bits per heavy atom. The zero-order valence-corrected chi connectivity index (χ0v) is 19.5. The summed E-state index contributed by atoms with van der Waals surface area (Å²) in [6.45, 7) is 1.76. The van der Waals surface area contributed by atoms with Crippen molar-refractivity contribution in [3.8, 4) is 23.3 Å². The molecular formula is C26H22ClN3O5. The Balaban J connectivity index is 1.77. The van der Waals surface area contributed by atoms with Crippen LogP contribution in [0.2, 0.25) is 5.02 Å². The Labute approximate surface area is 207 Å². The van der Waals surface area contributed by atoms with Crippen LogP contribution in [-0.4, -0.2) is 30.1 Å². The van der Waals surface area contributed by atoms with E-state index in [1.807, 2.05) is 12.1 Å². The highest BCUT2D eigenvalue weighted by atomic mass is 35.5. The van der Waals surface area contributed by atoms with Gasteiger partial charge < -0.3 is 25.2 Å². The maximum absolute atomic E-state index is 12.5. The quantitative estimate of drug-likeness (QED) is 0.220. The van der Waals surface area contributed by atoms with E-state index in [0.717, 1.165) is 0 Å². The molecule has 0 aromatic heterocycles. The summed E-state index contributed by atoms with van der Waals surface area (Å²) in [6.07, 6.45) is 1.36. The predicted molar refractivity (Wildman–Crippen MR) is 134 cm³/mol. The SMILES string of the molecule is CCOc1cc(/C=C(\C#N)C(=O)Nc2ccc(O)cc2)cc(Cl)c1OCC(=O)Nc1ccccc1. The third kappa shape index (κ3) is 7.25. The molecular weight excluding hydrogens is 470 g/mol. The summed E-state index contributed by atoms with van der Waals surface area (Å²) in [5.74, 6) is -0.533. The molecule has 0 saturated heterocycles. The van der Waals surface area contributed by atoms with Gasteiger partial charge in [-0.2, -0.15) is 5.26 Å². The molecule has 178 valence electrons. The summed E-state index contributed by atoms with van der Waals surface area (Å²) in [5.41, 5.74) is 1.30. The Morgan fingerprint density at radius 2 is 1.71 bits per heavy atom. The summed E-state index contributed by atoms with van der Waals surface area (Å²) >= 11 is 6.39. The van der Waals surface area contributed by atoms with Gasteiger partial charge in [-0.15, -0.1) is 0 Å². The number of halogens is 1. The van der Waals surface area contributed by atoms with Crippen molar-refractivity contribution in [3.63, 3.8) is 0 Å². The summed E-state index contributed by atoms with van der Waals surface area (Å²) < 4.78 is 11.2. The van der Waals surface area contributed by atoms with E-state index in [4.69, 9.17) is 21.1 Å². The number of hydrogen-bond acceptors (Lipinski definition) is 6. The lowest BCUT2D eigenvalue weighted by atomic mass is 10.1. The van der Waals surface area contributed by atoms with Gasteiger partial charge in [-0.3, -0.25) is 9.59 Å². The van der Waals surface area contributed by atoms with Gasteiger partial charge >= 0.3 is 0 Å². The molecule has 0 atom stereocenters. The molecule has 9 heteroatoms. The number of phenols is 1. The first-order valence-corrected chi connectivity index (χ1v) is 10.9. The van der Waals surface area contributed by atoms with E-state index in [2.05, 4.69) is 10.6 Å². The fourth-order valence-corrected chi connectivity index (χ4v) is 3.26. The molecule has 0 saturated carbocycles. The standard InChI is InChI=1S/C26H22ClN3O5/c1-2-34-23-14-17(12-18(15-28)26(33)30-20-8-10-21(31)11-9-20)13-22(27)25(23)35-16-24(32)29-19-6-4-3-5-7-19/h3-14,31H,2,16H2,1H3,(H,29,32)(H,30,33)/b18-12+. The lowest BCUT2D eigenvalue weighted by Gasteiger charge is -2.14. The maximum atomic E-state index is 12.5. The number of ether oxygens (including phenoxy) is 2. The molecule has 0 aliphatic rings. The number of para-hydroxylation sites is 1. The monoisotopic (exact) mass is 491 g/mol. The zero-order chi connectivity index (χ0) is 25.2. The van der Waals surface area contributed by atoms with Crippen LogP contribution in [-0.2, 0) is 9.59 Å². The van der Waals surface area contributed by atoms with Gasteiger partial charge in [-0.1, -0.05) is 29.8 Å². The molecule has 0 aliphatic heterocycles. The van der Waals surface area contributed by atoms with Gasteiger partial charge in [0.25, 0.3) is 11.8 Å². The van der Waals surface area contributed by atoms with Crippen molar-refractivity contribution in [2.45, 2.75) is 6.92 Å². The van der Waals surface area contributed by atoms with Crippen LogP contribution in [0.4, 0.5) is 11.4 Å². The molecule has 3 N–H and O–H groups in total. The number of rotatable bonds is 9. The molecule has 0 unspecified atom stereocenters. The van der Waals surface area contributed by atoms with E-state index in [9.17, 15) is 20.0 Å². The highest BCUT2D eigenvalue weighted by Crippen LogP contribution is 2.37. The first-order chi connectivity index (χ1) is 16.9. The highest BCUT2D eigenvalue weighted by Gasteiger charge is 2.16. The molecule has 0 heterocycles. The lowest BCUT2D eigenvalue weighted by molar-refractivity contribution is -0.118. The Bertz CT molecular complexity index is 1270. The maximum Gasteiger partial charge on any atom is 0.266 e. The van der Waals surface area contributed by atoms with Crippen LogP contribution < -0.4 is 20.1 Å². The second-order valence-corrected chi connectivity index (χ2v) is 7.54. The van der Waals surface area contributed by atoms with E-state index >= 15 is 0 Å². The van der Waals surface area contributed by atoms with Crippen molar-refractivity contribution in [2.24, 2.45) is 0 Å². The largest absolute Gasteiger partial charge is 0.508 e. The summed E-state index contributed by atoms with van der Waals surface area (Å²) in [4.78, 5) is 24.8. The topological polar surface area (TPSA) is 121 Å². The molecule has 0 aliphatic carbocycles. The average Bonchev–Trinajstić information content (AvgIpc) is 2.84. The minimum Gasteiger partial charge on any atom is -0.508 e. The number of nitrogens with one attached hydrogen (secondary N) is 2. The number of nitriles is 1. The number of benzene rings is 3. The first-order valence-electron chi connectivity index (χ1n) is 10.6. The molecule has 35 heavy (non-hydrogen) atoms. The number of carbonyl (C=O) groups is 2. The van der Waals surface area contributed by atoms with Gasteiger partial charge in [0.15, 0.2) is 18.1 Å². The van der Waals surface area contributed by atoms with Crippen molar-refractivity contribution < 1.29 is 24.2 Å². The summed E-state index contributed by atoms with van der Waals surface area (Å²) in [7, 11) is 0. The number of phenolic OH excluding ortho intramolecular Hbond substituents is 1. The van der Waals surface area contributed by atoms with Crippen LogP contribution in [0, 0.1) is 11.3 Å². The molecule has 2 amide bonds. The van der Waals surface area contributed by atoms with Crippen LogP contribution in [0.3, 0.4) is 0 Å². The van der Waals surface area contributed by atoms with E-state index in [1.165, 1.54) is 36.4 Å². The lowest BCUT2D eigenvalue weighted by Crippen LogP contribution is -2.20. The van der Waals surface area contributed by atoms with Crippen LogP contribution in [0.25, 0.3) is 6.08 Å². The third-order valence-electron chi connectivity index (χ3n) is 4.54. The molecule has 3 aromatic rings. The average molecular weight is 492 g/mol. The van der Waals surface area contributed by atoms with Gasteiger partial charge in [0.1, 0.15) is 17.4 Å². The second kappa shape index (κ2) is 12.1. The Hall–Kier alpha value is -4.48. The smallest absolute Gasteiger partial charge is 0.266 e. The van der Waals surface area contributed by atoms with Gasteiger partial charge in [0.2, 0.25) is 0 Å². The normalized spacial score (nSPS) is 10.7. The minimum absolute atomic E-state index is 0.0528. The van der Waals surface area contributed by atoms with Crippen molar-refractivity contribution in [3.05, 3.63) is 82.9 Å². The van der Waals surface area contributed by atoms with Crippen LogP contribution in [0.1, 0.15) is 12.5 Å². The number of anilines is 2. The fourth-order valence-electron chi connectivity index (χ4n) is 2.99. The minimum atomic E-state index is -0.634. The van der Waals surface area contributed by atoms with Gasteiger partial charge in [-0.25, -0.2) is 0 Å². The molecule has 8 nitrogen and oxygen atoms in total. The number of nitrogens with zero attached hydrogens (tertiary/aromatic N) is 1. The number of carbonyl (C=O) groups excluding carboxylic acids is 2. The number of aromatic hydroxyl groups is 1. The van der Waals surface area contributed by atoms with Crippen molar-refractivity contribution in [1.29, 1.82) is 5.26 Å². The number of hydrogen-bond donors (Lipinski definition) is 3. The van der Waals surface area contributed by atoms with Crippen LogP contribution >= 0.6 is 11.6 Å². The van der Waals surface area contributed by atoms with Gasteiger partial charge in [-0.05, 0) is 67.1 Å². The summed E-state index contributed by atoms with van der Waals surface area (Å²) in [6, 6.07) is 19.7. The zero-order valence-electron chi connectivity index (χ0n) is 18.7. The Kier molecular flexibility index (Phi) is 8.70. The van der Waals surface area contributed by atoms with E-state index in [0.29, 0.717) is 23.5 Å². The molecule has 3 rings (SSSR count). The van der Waals surface area contributed by atoms with Crippen LogP contribution in [0.15, 0.2) is 72.3 Å². The van der Waals surface area contributed by atoms with Crippen LogP contribution in [0.5, 0.6) is 17.2 Å². The van der Waals surface area contributed by atoms with Crippen molar-refractivity contribution in [2.75, 3.05) is 23.8 Å².